The van der Waals surface area contributed by atoms with Crippen molar-refractivity contribution in [2.24, 2.45) is 14.1 Å². The van der Waals surface area contributed by atoms with E-state index in [9.17, 15) is 9.59 Å². The fraction of sp³-hybridized carbons (Fsp3) is 0.737. The molecule has 2 aromatic heterocycles. The maximum atomic E-state index is 12.8. The van der Waals surface area contributed by atoms with Gasteiger partial charge in [-0.3, -0.25) is 18.8 Å². The van der Waals surface area contributed by atoms with Gasteiger partial charge in [0.2, 0.25) is 0 Å². The zero-order valence-electron chi connectivity index (χ0n) is 16.7. The number of imidazole rings is 1. The minimum absolute atomic E-state index is 0.262. The summed E-state index contributed by atoms with van der Waals surface area (Å²) < 4.78 is 10.1. The smallest absolute Gasteiger partial charge is 0.332 e. The summed E-state index contributed by atoms with van der Waals surface area (Å²) >= 11 is 0. The van der Waals surface area contributed by atoms with E-state index in [0.29, 0.717) is 17.7 Å². The number of morpholine rings is 1. The van der Waals surface area contributed by atoms with Crippen LogP contribution in [0, 0.1) is 0 Å². The maximum Gasteiger partial charge on any atom is 0.332 e. The zero-order valence-corrected chi connectivity index (χ0v) is 16.7. The number of hydrogen-bond donors (Lipinski definition) is 0. The first-order valence-corrected chi connectivity index (χ1v) is 9.99. The Kier molecular flexibility index (Phi) is 6.49. The molecule has 8 heteroatoms. The molecule has 1 aliphatic heterocycles. The summed E-state index contributed by atoms with van der Waals surface area (Å²) in [5, 5.41) is 0. The molecule has 2 aromatic rings. The van der Waals surface area contributed by atoms with Crippen molar-refractivity contribution in [3.05, 3.63) is 26.7 Å². The first-order valence-electron chi connectivity index (χ1n) is 9.99. The number of nitrogens with zero attached hydrogens (tertiary/aromatic N) is 5. The van der Waals surface area contributed by atoms with Gasteiger partial charge in [0.25, 0.3) is 5.56 Å². The molecule has 0 bridgehead atoms. The highest BCUT2D eigenvalue weighted by molar-refractivity contribution is 5.71. The molecule has 3 rings (SSSR count). The predicted octanol–water partition coefficient (Wildman–Crippen LogP) is 1.24. The molecular formula is C19H31N5O3. The van der Waals surface area contributed by atoms with Crippen molar-refractivity contribution >= 4 is 11.2 Å². The Morgan fingerprint density at radius 2 is 1.70 bits per heavy atom. The minimum atomic E-state index is -0.335. The molecule has 0 amide bonds. The first-order chi connectivity index (χ1) is 13.0. The number of aryl methyl sites for hydroxylation is 2. The average Bonchev–Trinajstić information content (AvgIpc) is 3.03. The van der Waals surface area contributed by atoms with Gasteiger partial charge in [-0.2, -0.15) is 0 Å². The summed E-state index contributed by atoms with van der Waals surface area (Å²) in [6.45, 7) is 6.79. The van der Waals surface area contributed by atoms with Gasteiger partial charge in [-0.1, -0.05) is 32.6 Å². The molecule has 1 saturated heterocycles. The van der Waals surface area contributed by atoms with Crippen LogP contribution in [0.25, 0.3) is 11.2 Å². The monoisotopic (exact) mass is 377 g/mol. The van der Waals surface area contributed by atoms with Gasteiger partial charge in [0, 0.05) is 33.7 Å². The van der Waals surface area contributed by atoms with Crippen LogP contribution < -0.4 is 11.2 Å². The van der Waals surface area contributed by atoms with Crippen LogP contribution in [0.1, 0.15) is 44.9 Å². The van der Waals surface area contributed by atoms with E-state index in [1.165, 1.54) is 35.4 Å². The van der Waals surface area contributed by atoms with Gasteiger partial charge in [-0.05, 0) is 6.42 Å². The van der Waals surface area contributed by atoms with Crippen molar-refractivity contribution in [2.75, 3.05) is 26.3 Å². The van der Waals surface area contributed by atoms with Crippen LogP contribution in [0.5, 0.6) is 0 Å². The Hall–Kier alpha value is -1.93. The van der Waals surface area contributed by atoms with Gasteiger partial charge < -0.3 is 9.30 Å². The molecule has 8 nitrogen and oxygen atoms in total. The third kappa shape index (κ3) is 4.16. The van der Waals surface area contributed by atoms with Gasteiger partial charge >= 0.3 is 5.69 Å². The van der Waals surface area contributed by atoms with Crippen molar-refractivity contribution in [1.82, 2.24) is 23.6 Å². The van der Waals surface area contributed by atoms with Crippen LogP contribution in [0.4, 0.5) is 0 Å². The summed E-state index contributed by atoms with van der Waals surface area (Å²) in [6.07, 6.45) is 5.79. The second-order valence-corrected chi connectivity index (χ2v) is 7.36. The highest BCUT2D eigenvalue weighted by Gasteiger charge is 2.21. The number of ether oxygens (including phenoxy) is 1. The largest absolute Gasteiger partial charge is 0.379 e. The number of rotatable bonds is 8. The van der Waals surface area contributed by atoms with E-state index in [4.69, 9.17) is 9.72 Å². The Morgan fingerprint density at radius 1 is 1.00 bits per heavy atom. The molecule has 27 heavy (non-hydrogen) atoms. The highest BCUT2D eigenvalue weighted by Crippen LogP contribution is 2.16. The Balaban J connectivity index is 1.97. The van der Waals surface area contributed by atoms with E-state index in [0.717, 1.165) is 51.5 Å². The number of unbranched alkanes of at least 4 members (excludes halogenated alkanes) is 4. The third-order valence-corrected chi connectivity index (χ3v) is 5.38. The molecule has 0 aliphatic carbocycles. The quantitative estimate of drug-likeness (QED) is 0.647. The van der Waals surface area contributed by atoms with Crippen LogP contribution in [0.15, 0.2) is 9.59 Å². The van der Waals surface area contributed by atoms with Crippen LogP contribution in [-0.4, -0.2) is 49.9 Å². The van der Waals surface area contributed by atoms with Gasteiger partial charge in [0.15, 0.2) is 11.2 Å². The van der Waals surface area contributed by atoms with Crippen molar-refractivity contribution in [2.45, 2.75) is 52.1 Å². The molecule has 1 fully saturated rings. The normalized spacial score (nSPS) is 15.7. The second-order valence-electron chi connectivity index (χ2n) is 7.36. The van der Waals surface area contributed by atoms with E-state index < -0.39 is 0 Å². The van der Waals surface area contributed by atoms with E-state index in [-0.39, 0.29) is 11.2 Å². The maximum absolute atomic E-state index is 12.8. The SMILES string of the molecule is CCCCCCCn1c(CN2CCOCC2)nc2c1c(=O)n(C)c(=O)n2C. The fourth-order valence-electron chi connectivity index (χ4n) is 3.69. The number of aromatic nitrogens is 4. The standard InChI is InChI=1S/C19H31N5O3/c1-4-5-6-7-8-9-24-15(14-23-10-12-27-13-11-23)20-17-16(24)18(25)22(3)19(26)21(17)2/h4-14H2,1-3H3. The predicted molar refractivity (Wildman–Crippen MR) is 105 cm³/mol. The van der Waals surface area contributed by atoms with E-state index >= 15 is 0 Å². The van der Waals surface area contributed by atoms with Crippen molar-refractivity contribution in [3.63, 3.8) is 0 Å². The first kappa shape index (κ1) is 19.8. The lowest BCUT2D eigenvalue weighted by Gasteiger charge is -2.26. The Bertz CT molecular complexity index is 889. The molecule has 3 heterocycles. The van der Waals surface area contributed by atoms with Crippen LogP contribution in [0.2, 0.25) is 0 Å². The molecule has 150 valence electrons. The molecule has 0 radical (unpaired) electrons. The summed E-state index contributed by atoms with van der Waals surface area (Å²) in [7, 11) is 3.21. The van der Waals surface area contributed by atoms with E-state index in [1.807, 2.05) is 4.57 Å². The summed E-state index contributed by atoms with van der Waals surface area (Å²) in [5.74, 6) is 0.862. The zero-order chi connectivity index (χ0) is 19.4. The highest BCUT2D eigenvalue weighted by atomic mass is 16.5. The van der Waals surface area contributed by atoms with Crippen molar-refractivity contribution < 1.29 is 4.74 Å². The fourth-order valence-corrected chi connectivity index (χ4v) is 3.69. The third-order valence-electron chi connectivity index (χ3n) is 5.38. The molecule has 0 saturated carbocycles. The summed E-state index contributed by atoms with van der Waals surface area (Å²) in [5.41, 5.74) is 0.429. The van der Waals surface area contributed by atoms with Crippen LogP contribution in [0.3, 0.4) is 0 Å². The Labute approximate surface area is 159 Å². The lowest BCUT2D eigenvalue weighted by atomic mass is 10.1. The van der Waals surface area contributed by atoms with Gasteiger partial charge in [0.05, 0.1) is 19.8 Å². The molecule has 1 aliphatic rings. The summed E-state index contributed by atoms with van der Waals surface area (Å²) in [4.78, 5) is 32.1. The molecular weight excluding hydrogens is 346 g/mol. The molecule has 0 N–H and O–H groups in total. The van der Waals surface area contributed by atoms with Crippen LogP contribution in [-0.2, 0) is 31.9 Å². The van der Waals surface area contributed by atoms with Crippen molar-refractivity contribution in [3.8, 4) is 0 Å². The minimum Gasteiger partial charge on any atom is -0.379 e. The second kappa shape index (κ2) is 8.84. The van der Waals surface area contributed by atoms with Gasteiger partial charge in [-0.25, -0.2) is 9.78 Å². The lowest BCUT2D eigenvalue weighted by Crippen LogP contribution is -2.37. The number of hydrogen-bond acceptors (Lipinski definition) is 5. The molecule has 0 unspecified atom stereocenters. The molecule has 0 atom stereocenters. The number of fused-ring (bicyclic) bond motifs is 1. The van der Waals surface area contributed by atoms with Crippen LogP contribution >= 0.6 is 0 Å². The van der Waals surface area contributed by atoms with E-state index in [2.05, 4.69) is 11.8 Å². The van der Waals surface area contributed by atoms with Crippen molar-refractivity contribution in [1.29, 1.82) is 0 Å². The summed E-state index contributed by atoms with van der Waals surface area (Å²) in [6, 6.07) is 0. The van der Waals surface area contributed by atoms with Gasteiger partial charge in [0.1, 0.15) is 5.82 Å². The van der Waals surface area contributed by atoms with E-state index in [1.54, 1.807) is 7.05 Å². The average molecular weight is 377 g/mol. The topological polar surface area (TPSA) is 74.3 Å². The molecule has 0 aromatic carbocycles. The Morgan fingerprint density at radius 3 is 2.41 bits per heavy atom. The lowest BCUT2D eigenvalue weighted by molar-refractivity contribution is 0.0326. The van der Waals surface area contributed by atoms with Gasteiger partial charge in [-0.15, -0.1) is 0 Å². The molecule has 0 spiro atoms.